The van der Waals surface area contributed by atoms with Gasteiger partial charge in [-0.2, -0.15) is 18.2 Å². The highest BCUT2D eigenvalue weighted by Crippen LogP contribution is 2.23. The van der Waals surface area contributed by atoms with Gasteiger partial charge < -0.3 is 9.84 Å². The van der Waals surface area contributed by atoms with E-state index in [1.807, 2.05) is 0 Å². The van der Waals surface area contributed by atoms with Gasteiger partial charge in [0.05, 0.1) is 6.04 Å². The maximum Gasteiger partial charge on any atom is 0.397 e. The van der Waals surface area contributed by atoms with Gasteiger partial charge in [-0.25, -0.2) is 0 Å². The zero-order chi connectivity index (χ0) is 12.3. The Morgan fingerprint density at radius 3 is 2.88 bits per heavy atom. The van der Waals surface area contributed by atoms with Crippen LogP contribution in [0.15, 0.2) is 4.52 Å². The van der Waals surface area contributed by atoms with Crippen LogP contribution in [0.5, 0.6) is 0 Å². The first-order valence-electron chi connectivity index (χ1n) is 5.67. The van der Waals surface area contributed by atoms with E-state index in [-0.39, 0.29) is 11.9 Å². The van der Waals surface area contributed by atoms with Crippen molar-refractivity contribution in [2.75, 3.05) is 6.54 Å². The number of halogens is 3. The first-order valence-corrected chi connectivity index (χ1v) is 5.67. The number of nitrogens with zero attached hydrogens (tertiary/aromatic N) is 2. The molecule has 17 heavy (non-hydrogen) atoms. The summed E-state index contributed by atoms with van der Waals surface area (Å²) >= 11 is 0. The fourth-order valence-corrected chi connectivity index (χ4v) is 1.90. The van der Waals surface area contributed by atoms with Crippen molar-refractivity contribution in [3.8, 4) is 0 Å². The minimum atomic E-state index is -4.30. The highest BCUT2D eigenvalue weighted by atomic mass is 19.4. The summed E-state index contributed by atoms with van der Waals surface area (Å²) in [5, 5.41) is 6.82. The molecule has 0 spiro atoms. The summed E-state index contributed by atoms with van der Waals surface area (Å²) in [6.07, 6.45) is -1.40. The van der Waals surface area contributed by atoms with Crippen molar-refractivity contribution in [2.45, 2.75) is 44.3 Å². The average Bonchev–Trinajstić information content (AvgIpc) is 2.52. The van der Waals surface area contributed by atoms with Gasteiger partial charge in [-0.05, 0) is 19.4 Å². The summed E-state index contributed by atoms with van der Waals surface area (Å²) < 4.78 is 41.0. The predicted molar refractivity (Wildman–Crippen MR) is 53.3 cm³/mol. The molecule has 0 saturated carbocycles. The van der Waals surface area contributed by atoms with Gasteiger partial charge in [0.15, 0.2) is 5.82 Å². The van der Waals surface area contributed by atoms with E-state index in [0.717, 1.165) is 32.2 Å². The highest BCUT2D eigenvalue weighted by molar-refractivity contribution is 4.96. The van der Waals surface area contributed by atoms with Gasteiger partial charge in [-0.3, -0.25) is 0 Å². The molecule has 2 heterocycles. The molecule has 0 radical (unpaired) electrons. The second kappa shape index (κ2) is 5.03. The Balaban J connectivity index is 2.01. The third-order valence-electron chi connectivity index (χ3n) is 2.71. The summed E-state index contributed by atoms with van der Waals surface area (Å²) in [6, 6.07) is -0.0803. The van der Waals surface area contributed by atoms with Crippen molar-refractivity contribution in [1.82, 2.24) is 15.5 Å². The molecule has 2 rings (SSSR count). The van der Waals surface area contributed by atoms with Gasteiger partial charge in [0.2, 0.25) is 5.89 Å². The Morgan fingerprint density at radius 1 is 1.29 bits per heavy atom. The monoisotopic (exact) mass is 249 g/mol. The van der Waals surface area contributed by atoms with Crippen molar-refractivity contribution in [3.05, 3.63) is 11.7 Å². The van der Waals surface area contributed by atoms with Crippen molar-refractivity contribution in [3.63, 3.8) is 0 Å². The van der Waals surface area contributed by atoms with Crippen LogP contribution in [-0.4, -0.2) is 22.9 Å². The van der Waals surface area contributed by atoms with Gasteiger partial charge in [0.1, 0.15) is 6.42 Å². The number of nitrogens with one attached hydrogen (secondary N) is 1. The molecular weight excluding hydrogens is 235 g/mol. The molecule has 0 aromatic carbocycles. The van der Waals surface area contributed by atoms with Crippen molar-refractivity contribution in [1.29, 1.82) is 0 Å². The number of aromatic nitrogens is 2. The van der Waals surface area contributed by atoms with E-state index < -0.39 is 12.6 Å². The van der Waals surface area contributed by atoms with E-state index in [1.165, 1.54) is 0 Å². The molecule has 1 unspecified atom stereocenters. The number of hydrogen-bond donors (Lipinski definition) is 1. The summed E-state index contributed by atoms with van der Waals surface area (Å²) in [7, 11) is 0. The zero-order valence-corrected chi connectivity index (χ0v) is 9.26. The first kappa shape index (κ1) is 12.3. The number of hydrogen-bond acceptors (Lipinski definition) is 4. The quantitative estimate of drug-likeness (QED) is 0.874. The van der Waals surface area contributed by atoms with Crippen LogP contribution in [0, 0.1) is 0 Å². The summed E-state index contributed by atoms with van der Waals surface area (Å²) in [4.78, 5) is 3.80. The molecule has 7 heteroatoms. The number of rotatable bonds is 2. The first-order chi connectivity index (χ1) is 8.04. The SMILES string of the molecule is FC(F)(F)Cc1nc(C2CCCCCN2)no1. The van der Waals surface area contributed by atoms with E-state index in [1.54, 1.807) is 0 Å². The Labute approximate surface area is 96.6 Å². The van der Waals surface area contributed by atoms with Crippen LogP contribution in [0.2, 0.25) is 0 Å². The lowest BCUT2D eigenvalue weighted by Crippen LogP contribution is -2.21. The molecule has 0 amide bonds. The van der Waals surface area contributed by atoms with E-state index >= 15 is 0 Å². The maximum absolute atomic E-state index is 12.1. The largest absolute Gasteiger partial charge is 0.397 e. The van der Waals surface area contributed by atoms with Gasteiger partial charge in [0.25, 0.3) is 0 Å². The van der Waals surface area contributed by atoms with Crippen LogP contribution >= 0.6 is 0 Å². The smallest absolute Gasteiger partial charge is 0.339 e. The molecular formula is C10H14F3N3O. The number of alkyl halides is 3. The van der Waals surface area contributed by atoms with Crippen molar-refractivity contribution in [2.24, 2.45) is 0 Å². The lowest BCUT2D eigenvalue weighted by atomic mass is 10.1. The van der Waals surface area contributed by atoms with Gasteiger partial charge in [-0.15, -0.1) is 0 Å². The van der Waals surface area contributed by atoms with Crippen molar-refractivity contribution >= 4 is 0 Å². The third kappa shape index (κ3) is 3.69. The minimum absolute atomic E-state index is 0.0803. The van der Waals surface area contributed by atoms with Crippen LogP contribution < -0.4 is 5.32 Å². The molecule has 1 fully saturated rings. The second-order valence-electron chi connectivity index (χ2n) is 4.19. The van der Waals surface area contributed by atoms with Crippen LogP contribution in [0.4, 0.5) is 13.2 Å². The fourth-order valence-electron chi connectivity index (χ4n) is 1.90. The molecule has 1 atom stereocenters. The average molecular weight is 249 g/mol. The predicted octanol–water partition coefficient (Wildman–Crippen LogP) is 2.38. The third-order valence-corrected chi connectivity index (χ3v) is 2.71. The molecule has 1 aromatic heterocycles. The van der Waals surface area contributed by atoms with Crippen molar-refractivity contribution < 1.29 is 17.7 Å². The molecule has 4 nitrogen and oxygen atoms in total. The standard InChI is InChI=1S/C10H14F3N3O/c11-10(12,13)6-8-15-9(16-17-8)7-4-2-1-3-5-14-7/h7,14H,1-6H2. The van der Waals surface area contributed by atoms with E-state index in [9.17, 15) is 13.2 Å². The Kier molecular flexibility index (Phi) is 3.66. The Morgan fingerprint density at radius 2 is 2.12 bits per heavy atom. The van der Waals surface area contributed by atoms with Crippen LogP contribution in [-0.2, 0) is 6.42 Å². The molecule has 1 aliphatic rings. The summed E-state index contributed by atoms with van der Waals surface area (Å²) in [5.74, 6) is -0.0234. The molecule has 1 aliphatic heterocycles. The molecule has 0 aliphatic carbocycles. The van der Waals surface area contributed by atoms with Crippen LogP contribution in [0.1, 0.15) is 43.4 Å². The van der Waals surface area contributed by atoms with E-state index in [0.29, 0.717) is 5.82 Å². The Bertz CT molecular complexity index is 356. The lowest BCUT2D eigenvalue weighted by molar-refractivity contribution is -0.131. The van der Waals surface area contributed by atoms with Gasteiger partial charge in [-0.1, -0.05) is 18.0 Å². The molecule has 1 N–H and O–H groups in total. The highest BCUT2D eigenvalue weighted by Gasteiger charge is 2.31. The zero-order valence-electron chi connectivity index (χ0n) is 9.26. The lowest BCUT2D eigenvalue weighted by Gasteiger charge is -2.09. The molecule has 1 saturated heterocycles. The summed E-state index contributed by atoms with van der Waals surface area (Å²) in [6.45, 7) is 0.841. The van der Waals surface area contributed by atoms with E-state index in [2.05, 4.69) is 20.0 Å². The molecule has 96 valence electrons. The van der Waals surface area contributed by atoms with Gasteiger partial charge in [0, 0.05) is 0 Å². The normalized spacial score (nSPS) is 22.4. The van der Waals surface area contributed by atoms with Crippen LogP contribution in [0.3, 0.4) is 0 Å². The maximum atomic E-state index is 12.1. The Hall–Kier alpha value is -1.11. The fraction of sp³-hybridized carbons (Fsp3) is 0.800. The van der Waals surface area contributed by atoms with Crippen LogP contribution in [0.25, 0.3) is 0 Å². The topological polar surface area (TPSA) is 51.0 Å². The molecule has 1 aromatic rings. The molecule has 0 bridgehead atoms. The second-order valence-corrected chi connectivity index (χ2v) is 4.19. The van der Waals surface area contributed by atoms with E-state index in [4.69, 9.17) is 0 Å². The van der Waals surface area contributed by atoms with Gasteiger partial charge >= 0.3 is 6.18 Å². The summed E-state index contributed by atoms with van der Waals surface area (Å²) in [5.41, 5.74) is 0. The minimum Gasteiger partial charge on any atom is -0.339 e.